The van der Waals surface area contributed by atoms with Crippen LogP contribution in [0, 0.1) is 5.92 Å². The van der Waals surface area contributed by atoms with Gasteiger partial charge in [0.2, 0.25) is 0 Å². The summed E-state index contributed by atoms with van der Waals surface area (Å²) in [6.07, 6.45) is 12.1. The molecule has 1 aliphatic heterocycles. The molecule has 1 saturated carbocycles. The largest absolute Gasteiger partial charge is 0.284 e. The van der Waals surface area contributed by atoms with Crippen molar-refractivity contribution in [3.05, 3.63) is 53.1 Å². The van der Waals surface area contributed by atoms with Crippen LogP contribution in [0.25, 0.3) is 5.57 Å². The first-order valence-electron chi connectivity index (χ1n) is 6.97. The lowest BCUT2D eigenvalue weighted by Crippen LogP contribution is -2.29. The zero-order chi connectivity index (χ0) is 11.9. The third-order valence-corrected chi connectivity index (χ3v) is 4.53. The first kappa shape index (κ1) is 10.3. The minimum Gasteiger partial charge on any atom is -0.284 e. The van der Waals surface area contributed by atoms with E-state index in [9.17, 15) is 0 Å². The van der Waals surface area contributed by atoms with Gasteiger partial charge < -0.3 is 0 Å². The summed E-state index contributed by atoms with van der Waals surface area (Å²) in [6, 6.07) is 9.02. The Balaban J connectivity index is 1.85. The molecule has 2 aliphatic carbocycles. The zero-order valence-corrected chi connectivity index (χ0v) is 10.5. The lowest BCUT2D eigenvalue weighted by Gasteiger charge is -2.36. The molecule has 3 aliphatic rings. The molecule has 0 radical (unpaired) electrons. The van der Waals surface area contributed by atoms with Crippen molar-refractivity contribution in [3.8, 4) is 0 Å². The maximum absolute atomic E-state index is 4.84. The first-order chi connectivity index (χ1) is 8.93. The SMILES string of the molecule is C1=NC2C(=CC=C3CCCCC32)c2ccccc21. The Kier molecular flexibility index (Phi) is 2.26. The van der Waals surface area contributed by atoms with E-state index >= 15 is 0 Å². The Morgan fingerprint density at radius 2 is 2.00 bits per heavy atom. The van der Waals surface area contributed by atoms with Crippen molar-refractivity contribution in [2.45, 2.75) is 31.7 Å². The lowest BCUT2D eigenvalue weighted by molar-refractivity contribution is 0.423. The van der Waals surface area contributed by atoms with E-state index in [0.717, 1.165) is 0 Å². The molecule has 0 amide bonds. The van der Waals surface area contributed by atoms with Gasteiger partial charge in [-0.05, 0) is 36.0 Å². The fraction of sp³-hybridized carbons (Fsp3) is 0.353. The van der Waals surface area contributed by atoms with Gasteiger partial charge >= 0.3 is 0 Å². The van der Waals surface area contributed by atoms with Crippen LogP contribution in [0.4, 0.5) is 0 Å². The molecule has 1 heterocycles. The van der Waals surface area contributed by atoms with Crippen molar-refractivity contribution in [3.63, 3.8) is 0 Å². The fourth-order valence-corrected chi connectivity index (χ4v) is 3.61. The molecule has 0 N–H and O–H groups in total. The van der Waals surface area contributed by atoms with Crippen LogP contribution in [0.2, 0.25) is 0 Å². The van der Waals surface area contributed by atoms with E-state index in [1.807, 2.05) is 0 Å². The maximum atomic E-state index is 4.84. The van der Waals surface area contributed by atoms with Crippen molar-refractivity contribution in [1.29, 1.82) is 0 Å². The van der Waals surface area contributed by atoms with Crippen LogP contribution in [0.5, 0.6) is 0 Å². The van der Waals surface area contributed by atoms with Crippen LogP contribution < -0.4 is 0 Å². The smallest absolute Gasteiger partial charge is 0.0820 e. The zero-order valence-electron chi connectivity index (χ0n) is 10.5. The molecule has 2 unspecified atom stereocenters. The van der Waals surface area contributed by atoms with E-state index in [0.29, 0.717) is 12.0 Å². The third kappa shape index (κ3) is 1.43. The topological polar surface area (TPSA) is 12.4 Å². The minimum atomic E-state index is 0.389. The number of allylic oxidation sites excluding steroid dienone is 2. The Morgan fingerprint density at radius 3 is 3.00 bits per heavy atom. The second-order valence-electron chi connectivity index (χ2n) is 5.53. The standard InChI is InChI=1S/C17H17N/c1-4-8-15-12(5-1)9-10-16-14-7-3-2-6-13(14)11-18-17(15)16/h2-3,6-7,9-11,15,17H,1,4-5,8H2. The summed E-state index contributed by atoms with van der Waals surface area (Å²) in [6.45, 7) is 0. The predicted molar refractivity (Wildman–Crippen MR) is 75.8 cm³/mol. The van der Waals surface area contributed by atoms with Crippen LogP contribution in [-0.4, -0.2) is 12.3 Å². The van der Waals surface area contributed by atoms with Crippen LogP contribution in [0.3, 0.4) is 0 Å². The summed E-state index contributed by atoms with van der Waals surface area (Å²) in [5, 5.41) is 0. The summed E-state index contributed by atoms with van der Waals surface area (Å²) >= 11 is 0. The van der Waals surface area contributed by atoms with Gasteiger partial charge in [0, 0.05) is 12.1 Å². The van der Waals surface area contributed by atoms with Crippen molar-refractivity contribution in [1.82, 2.24) is 0 Å². The third-order valence-electron chi connectivity index (χ3n) is 4.53. The van der Waals surface area contributed by atoms with E-state index in [2.05, 4.69) is 42.6 Å². The van der Waals surface area contributed by atoms with Gasteiger partial charge in [-0.3, -0.25) is 4.99 Å². The Bertz CT molecular complexity index is 577. The highest BCUT2D eigenvalue weighted by Gasteiger charge is 2.34. The number of hydrogen-bond donors (Lipinski definition) is 0. The fourth-order valence-electron chi connectivity index (χ4n) is 3.61. The van der Waals surface area contributed by atoms with Gasteiger partial charge in [-0.2, -0.15) is 0 Å². The molecule has 1 fully saturated rings. The molecule has 2 atom stereocenters. The second kappa shape index (κ2) is 3.94. The molecule has 4 rings (SSSR count). The van der Waals surface area contributed by atoms with Crippen LogP contribution in [0.15, 0.2) is 47.0 Å². The molecule has 1 aromatic carbocycles. The van der Waals surface area contributed by atoms with Gasteiger partial charge in [0.05, 0.1) is 6.04 Å². The number of hydrogen-bond acceptors (Lipinski definition) is 1. The van der Waals surface area contributed by atoms with Gasteiger partial charge in [-0.25, -0.2) is 0 Å². The summed E-state index contributed by atoms with van der Waals surface area (Å²) in [5.74, 6) is 0.670. The monoisotopic (exact) mass is 235 g/mol. The molecule has 90 valence electrons. The van der Waals surface area contributed by atoms with Gasteiger partial charge in [0.15, 0.2) is 0 Å². The van der Waals surface area contributed by atoms with Crippen molar-refractivity contribution < 1.29 is 0 Å². The van der Waals surface area contributed by atoms with Gasteiger partial charge in [0.1, 0.15) is 0 Å². The van der Waals surface area contributed by atoms with E-state index in [1.165, 1.54) is 42.4 Å². The second-order valence-corrected chi connectivity index (χ2v) is 5.53. The summed E-state index contributed by atoms with van der Waals surface area (Å²) in [5.41, 5.74) is 5.72. The summed E-state index contributed by atoms with van der Waals surface area (Å²) in [4.78, 5) is 4.84. The van der Waals surface area contributed by atoms with E-state index in [4.69, 9.17) is 4.99 Å². The quantitative estimate of drug-likeness (QED) is 0.644. The van der Waals surface area contributed by atoms with Gasteiger partial charge in [-0.15, -0.1) is 0 Å². The minimum absolute atomic E-state index is 0.389. The number of fused-ring (bicyclic) bond motifs is 5. The molecule has 0 spiro atoms. The highest BCUT2D eigenvalue weighted by molar-refractivity contribution is 5.94. The molecule has 1 heteroatoms. The summed E-state index contributed by atoms with van der Waals surface area (Å²) < 4.78 is 0. The lowest BCUT2D eigenvalue weighted by atomic mass is 9.72. The Morgan fingerprint density at radius 1 is 1.06 bits per heavy atom. The Hall–Kier alpha value is -1.63. The molecule has 18 heavy (non-hydrogen) atoms. The molecule has 0 aromatic heterocycles. The predicted octanol–water partition coefficient (Wildman–Crippen LogP) is 4.00. The van der Waals surface area contributed by atoms with Crippen molar-refractivity contribution >= 4 is 11.8 Å². The van der Waals surface area contributed by atoms with Crippen molar-refractivity contribution in [2.24, 2.45) is 10.9 Å². The van der Waals surface area contributed by atoms with Crippen LogP contribution >= 0.6 is 0 Å². The molecular formula is C17H17N. The highest BCUT2D eigenvalue weighted by atomic mass is 14.8. The number of rotatable bonds is 0. The molecule has 1 aromatic rings. The number of nitrogens with zero attached hydrogens (tertiary/aromatic N) is 1. The summed E-state index contributed by atoms with van der Waals surface area (Å²) in [7, 11) is 0. The van der Waals surface area contributed by atoms with Gasteiger partial charge in [-0.1, -0.05) is 48.4 Å². The van der Waals surface area contributed by atoms with Gasteiger partial charge in [0.25, 0.3) is 0 Å². The average Bonchev–Trinajstić information content (AvgIpc) is 2.46. The van der Waals surface area contributed by atoms with E-state index in [1.54, 1.807) is 5.57 Å². The van der Waals surface area contributed by atoms with Crippen molar-refractivity contribution in [2.75, 3.05) is 0 Å². The maximum Gasteiger partial charge on any atom is 0.0820 e. The normalized spacial score (nSPS) is 28.7. The molecule has 0 saturated heterocycles. The number of benzene rings is 1. The molecular weight excluding hydrogens is 218 g/mol. The van der Waals surface area contributed by atoms with Crippen LogP contribution in [0.1, 0.15) is 36.8 Å². The van der Waals surface area contributed by atoms with E-state index < -0.39 is 0 Å². The molecule has 1 nitrogen and oxygen atoms in total. The molecule has 0 bridgehead atoms. The first-order valence-corrected chi connectivity index (χ1v) is 6.97. The Labute approximate surface area is 108 Å². The highest BCUT2D eigenvalue weighted by Crippen LogP contribution is 2.43. The average molecular weight is 235 g/mol. The van der Waals surface area contributed by atoms with Crippen LogP contribution in [-0.2, 0) is 0 Å². The number of aliphatic imine (C=N–C) groups is 1. The van der Waals surface area contributed by atoms with E-state index in [-0.39, 0.29) is 0 Å².